The number of rotatable bonds is 4. The lowest BCUT2D eigenvalue weighted by Crippen LogP contribution is -2.21. The Bertz CT molecular complexity index is 392. The summed E-state index contributed by atoms with van der Waals surface area (Å²) in [4.78, 5) is 0. The predicted molar refractivity (Wildman–Crippen MR) is 72.8 cm³/mol. The minimum Gasteiger partial charge on any atom is -0.387 e. The third-order valence-corrected chi connectivity index (χ3v) is 2.52. The van der Waals surface area contributed by atoms with E-state index in [1.807, 2.05) is 7.05 Å². The zero-order valence-electron chi connectivity index (χ0n) is 10.9. The molecule has 16 heavy (non-hydrogen) atoms. The molecule has 2 N–H and O–H groups in total. The summed E-state index contributed by atoms with van der Waals surface area (Å²) in [5, 5.41) is 6.60. The van der Waals surface area contributed by atoms with Gasteiger partial charge in [0.05, 0.1) is 0 Å². The second-order valence-electron chi connectivity index (χ2n) is 4.53. The average molecular weight is 218 g/mol. The first-order valence-corrected chi connectivity index (χ1v) is 5.70. The van der Waals surface area contributed by atoms with Gasteiger partial charge in [-0.3, -0.25) is 0 Å². The molecule has 0 spiro atoms. The van der Waals surface area contributed by atoms with Crippen molar-refractivity contribution in [2.75, 3.05) is 12.4 Å². The number of hydrogen-bond acceptors (Lipinski definition) is 2. The van der Waals surface area contributed by atoms with Crippen LogP contribution in [0.3, 0.4) is 0 Å². The van der Waals surface area contributed by atoms with E-state index in [4.69, 9.17) is 0 Å². The summed E-state index contributed by atoms with van der Waals surface area (Å²) in [5.41, 5.74) is 5.81. The van der Waals surface area contributed by atoms with E-state index in [2.05, 4.69) is 57.0 Å². The van der Waals surface area contributed by atoms with E-state index in [-0.39, 0.29) is 0 Å². The van der Waals surface area contributed by atoms with Gasteiger partial charge in [0.2, 0.25) is 0 Å². The van der Waals surface area contributed by atoms with Crippen LogP contribution in [0.15, 0.2) is 18.7 Å². The quantitative estimate of drug-likeness (QED) is 0.810. The molecule has 0 bridgehead atoms. The fourth-order valence-electron chi connectivity index (χ4n) is 1.96. The molecular formula is C14H22N2. The lowest BCUT2D eigenvalue weighted by molar-refractivity contribution is 0.718. The van der Waals surface area contributed by atoms with Crippen LogP contribution >= 0.6 is 0 Å². The Labute approximate surface area is 98.8 Å². The summed E-state index contributed by atoms with van der Waals surface area (Å²) in [6, 6.07) is 4.74. The van der Waals surface area contributed by atoms with Crippen molar-refractivity contribution in [1.29, 1.82) is 0 Å². The molecule has 0 saturated carbocycles. The molecule has 0 aliphatic rings. The van der Waals surface area contributed by atoms with Gasteiger partial charge in [-0.15, -0.1) is 0 Å². The Hall–Kier alpha value is -1.44. The molecular weight excluding hydrogens is 196 g/mol. The van der Waals surface area contributed by atoms with Crippen molar-refractivity contribution in [3.05, 3.63) is 35.4 Å². The summed E-state index contributed by atoms with van der Waals surface area (Å²) in [6.45, 7) is 12.6. The van der Waals surface area contributed by atoms with Crippen molar-refractivity contribution >= 4 is 11.4 Å². The van der Waals surface area contributed by atoms with Crippen molar-refractivity contribution in [1.82, 2.24) is 5.32 Å². The van der Waals surface area contributed by atoms with E-state index in [1.165, 1.54) is 11.1 Å². The van der Waals surface area contributed by atoms with Crippen LogP contribution in [0.25, 0.3) is 5.70 Å². The molecule has 2 nitrogen and oxygen atoms in total. The lowest BCUT2D eigenvalue weighted by atomic mass is 10.0. The summed E-state index contributed by atoms with van der Waals surface area (Å²) in [5.74, 6) is 0. The molecule has 0 heterocycles. The molecule has 88 valence electrons. The molecule has 2 heteroatoms. The van der Waals surface area contributed by atoms with Gasteiger partial charge in [0.25, 0.3) is 0 Å². The third kappa shape index (κ3) is 2.78. The third-order valence-electron chi connectivity index (χ3n) is 2.52. The number of hydrogen-bond donors (Lipinski definition) is 2. The topological polar surface area (TPSA) is 24.1 Å². The zero-order chi connectivity index (χ0) is 12.3. The Morgan fingerprint density at radius 3 is 2.38 bits per heavy atom. The maximum atomic E-state index is 4.10. The van der Waals surface area contributed by atoms with Gasteiger partial charge in [0, 0.05) is 30.0 Å². The van der Waals surface area contributed by atoms with E-state index in [0.29, 0.717) is 6.04 Å². The van der Waals surface area contributed by atoms with Crippen molar-refractivity contribution < 1.29 is 0 Å². The summed E-state index contributed by atoms with van der Waals surface area (Å²) < 4.78 is 0. The van der Waals surface area contributed by atoms with Crippen molar-refractivity contribution in [3.8, 4) is 0 Å². The van der Waals surface area contributed by atoms with Gasteiger partial charge in [-0.2, -0.15) is 0 Å². The maximum absolute atomic E-state index is 4.10. The smallest absolute Gasteiger partial charge is 0.0461 e. The van der Waals surface area contributed by atoms with Crippen LogP contribution < -0.4 is 10.6 Å². The maximum Gasteiger partial charge on any atom is 0.0461 e. The minimum atomic E-state index is 0.401. The highest BCUT2D eigenvalue weighted by atomic mass is 14.9. The minimum absolute atomic E-state index is 0.401. The van der Waals surface area contributed by atoms with E-state index >= 15 is 0 Å². The molecule has 0 aromatic heterocycles. The molecule has 1 aromatic carbocycles. The second kappa shape index (κ2) is 5.06. The number of aryl methyl sites for hydroxylation is 2. The summed E-state index contributed by atoms with van der Waals surface area (Å²) >= 11 is 0. The molecule has 0 atom stereocenters. The highest BCUT2D eigenvalue weighted by Crippen LogP contribution is 2.26. The van der Waals surface area contributed by atoms with E-state index in [1.54, 1.807) is 0 Å². The fraction of sp³-hybridized carbons (Fsp3) is 0.429. The molecule has 0 fully saturated rings. The number of nitrogens with one attached hydrogen (secondary N) is 2. The lowest BCUT2D eigenvalue weighted by Gasteiger charge is -2.18. The molecule has 1 aromatic rings. The zero-order valence-corrected chi connectivity index (χ0v) is 10.9. The van der Waals surface area contributed by atoms with Gasteiger partial charge in [0.1, 0.15) is 0 Å². The predicted octanol–water partition coefficient (Wildman–Crippen LogP) is 3.31. The first kappa shape index (κ1) is 12.6. The van der Waals surface area contributed by atoms with Crippen LogP contribution in [0, 0.1) is 13.8 Å². The number of anilines is 1. The summed E-state index contributed by atoms with van der Waals surface area (Å²) in [7, 11) is 1.95. The number of benzene rings is 1. The Morgan fingerprint density at radius 2 is 1.88 bits per heavy atom. The monoisotopic (exact) mass is 218 g/mol. The summed E-state index contributed by atoms with van der Waals surface area (Å²) in [6.07, 6.45) is 0. The molecule has 0 aliphatic carbocycles. The molecule has 0 amide bonds. The molecule has 0 unspecified atom stereocenters. The fourth-order valence-corrected chi connectivity index (χ4v) is 1.96. The molecule has 0 saturated heterocycles. The standard InChI is InChI=1S/C14H22N2/c1-9(2)16-12(5)13-8-10(3)7-11(4)14(13)15-6/h7-9,15-16H,5H2,1-4,6H3. The van der Waals surface area contributed by atoms with E-state index in [9.17, 15) is 0 Å². The Morgan fingerprint density at radius 1 is 1.25 bits per heavy atom. The van der Waals surface area contributed by atoms with Crippen LogP contribution in [0.5, 0.6) is 0 Å². The van der Waals surface area contributed by atoms with Crippen molar-refractivity contribution in [2.45, 2.75) is 33.7 Å². The van der Waals surface area contributed by atoms with Crippen molar-refractivity contribution in [3.63, 3.8) is 0 Å². The first-order chi connectivity index (χ1) is 7.45. The van der Waals surface area contributed by atoms with Gasteiger partial charge < -0.3 is 10.6 Å². The van der Waals surface area contributed by atoms with Crippen LogP contribution in [0.2, 0.25) is 0 Å². The van der Waals surface area contributed by atoms with E-state index in [0.717, 1.165) is 16.9 Å². The van der Waals surface area contributed by atoms with Crippen molar-refractivity contribution in [2.24, 2.45) is 0 Å². The van der Waals surface area contributed by atoms with Gasteiger partial charge in [-0.1, -0.05) is 18.2 Å². The normalized spacial score (nSPS) is 10.4. The van der Waals surface area contributed by atoms with Crippen LogP contribution in [0.1, 0.15) is 30.5 Å². The first-order valence-electron chi connectivity index (χ1n) is 5.70. The SMILES string of the molecule is C=C(NC(C)C)c1cc(C)cc(C)c1NC. The highest BCUT2D eigenvalue weighted by Gasteiger charge is 2.09. The van der Waals surface area contributed by atoms with Gasteiger partial charge in [-0.25, -0.2) is 0 Å². The highest BCUT2D eigenvalue weighted by molar-refractivity contribution is 5.76. The second-order valence-corrected chi connectivity index (χ2v) is 4.53. The van der Waals surface area contributed by atoms with Gasteiger partial charge in [-0.05, 0) is 39.3 Å². The average Bonchev–Trinajstić information content (AvgIpc) is 2.15. The molecule has 1 rings (SSSR count). The van der Waals surface area contributed by atoms with Gasteiger partial charge in [0.15, 0.2) is 0 Å². The molecule has 0 aliphatic heterocycles. The largest absolute Gasteiger partial charge is 0.387 e. The Kier molecular flexibility index (Phi) is 3.99. The van der Waals surface area contributed by atoms with Crippen LogP contribution in [0.4, 0.5) is 5.69 Å². The molecule has 0 radical (unpaired) electrons. The van der Waals surface area contributed by atoms with Crippen LogP contribution in [-0.2, 0) is 0 Å². The van der Waals surface area contributed by atoms with E-state index < -0.39 is 0 Å². The van der Waals surface area contributed by atoms with Gasteiger partial charge >= 0.3 is 0 Å². The van der Waals surface area contributed by atoms with Crippen LogP contribution in [-0.4, -0.2) is 13.1 Å². The Balaban J connectivity index is 3.15.